The topological polar surface area (TPSA) is 139 Å². The van der Waals surface area contributed by atoms with E-state index < -0.39 is 31.6 Å². The lowest BCUT2D eigenvalue weighted by molar-refractivity contribution is -0.136. The maximum Gasteiger partial charge on any atom is 0.311 e. The van der Waals surface area contributed by atoms with E-state index in [2.05, 4.69) is 0 Å². The van der Waals surface area contributed by atoms with Crippen LogP contribution >= 0.6 is 0 Å². The molecular formula is C32H30O10S2. The lowest BCUT2D eigenvalue weighted by Crippen LogP contribution is -2.10. The summed E-state index contributed by atoms with van der Waals surface area (Å²) < 4.78 is 72.0. The van der Waals surface area contributed by atoms with Crippen molar-refractivity contribution in [3.05, 3.63) is 97.1 Å². The van der Waals surface area contributed by atoms with Crippen LogP contribution in [0.3, 0.4) is 0 Å². The van der Waals surface area contributed by atoms with E-state index in [4.69, 9.17) is 18.9 Å². The molecule has 0 aliphatic carbocycles. The minimum atomic E-state index is -3.75. The summed E-state index contributed by atoms with van der Waals surface area (Å²) in [6.07, 6.45) is 0.794. The third kappa shape index (κ3) is 8.03. The smallest absolute Gasteiger partial charge is 0.311 e. The zero-order valence-corrected chi connectivity index (χ0v) is 25.6. The standard InChI is InChI=1S/C32H30O10S2/c1-39-23-7-15-27(16-8-23)43(35,36)29-19-11-25(12-20-29)41-31(33)5-3-4-6-32(34)42-26-13-21-30(22-14-26)44(37,38)28-17-9-24(40-2)10-18-28/h7-22H,3-6H2,1-2H3. The molecule has 0 N–H and O–H groups in total. The molecule has 4 aromatic rings. The maximum absolute atomic E-state index is 12.8. The Morgan fingerprint density at radius 2 is 0.705 bits per heavy atom. The number of hydrogen-bond donors (Lipinski definition) is 0. The Hall–Kier alpha value is -4.68. The van der Waals surface area contributed by atoms with Gasteiger partial charge in [0.05, 0.1) is 33.8 Å². The summed E-state index contributed by atoms with van der Waals surface area (Å²) in [6.45, 7) is 0. The second-order valence-electron chi connectivity index (χ2n) is 9.46. The van der Waals surface area contributed by atoms with E-state index in [0.29, 0.717) is 24.3 Å². The fourth-order valence-corrected chi connectivity index (χ4v) is 6.58. The van der Waals surface area contributed by atoms with Crippen LogP contribution in [0.5, 0.6) is 23.0 Å². The molecule has 230 valence electrons. The average Bonchev–Trinajstić information content (AvgIpc) is 3.03. The van der Waals surface area contributed by atoms with Crippen molar-refractivity contribution in [3.8, 4) is 23.0 Å². The number of rotatable bonds is 13. The molecule has 0 spiro atoms. The Bertz CT molecular complexity index is 1660. The third-order valence-electron chi connectivity index (χ3n) is 6.48. The minimum Gasteiger partial charge on any atom is -0.497 e. The van der Waals surface area contributed by atoms with Gasteiger partial charge in [0.2, 0.25) is 19.7 Å². The van der Waals surface area contributed by atoms with Gasteiger partial charge in [-0.1, -0.05) is 0 Å². The summed E-state index contributed by atoms with van der Waals surface area (Å²) in [5.41, 5.74) is 0. The number of carbonyl (C=O) groups is 2. The number of sulfone groups is 2. The van der Waals surface area contributed by atoms with Gasteiger partial charge >= 0.3 is 11.9 Å². The molecule has 0 aliphatic rings. The lowest BCUT2D eigenvalue weighted by Gasteiger charge is -2.08. The number of methoxy groups -OCH3 is 2. The van der Waals surface area contributed by atoms with Crippen molar-refractivity contribution in [1.29, 1.82) is 0 Å². The molecule has 12 heteroatoms. The molecule has 0 amide bonds. The maximum atomic E-state index is 12.8. The summed E-state index contributed by atoms with van der Waals surface area (Å²) in [5.74, 6) is 0.403. The second kappa shape index (κ2) is 14.2. The minimum absolute atomic E-state index is 0.0388. The van der Waals surface area contributed by atoms with Crippen molar-refractivity contribution in [2.24, 2.45) is 0 Å². The summed E-state index contributed by atoms with van der Waals surface area (Å²) >= 11 is 0. The van der Waals surface area contributed by atoms with E-state index in [0.717, 1.165) is 0 Å². The molecule has 0 radical (unpaired) electrons. The third-order valence-corrected chi connectivity index (χ3v) is 10.1. The first-order valence-corrected chi connectivity index (χ1v) is 16.4. The van der Waals surface area contributed by atoms with Gasteiger partial charge in [-0.15, -0.1) is 0 Å². The predicted molar refractivity (Wildman–Crippen MR) is 160 cm³/mol. The fourth-order valence-electron chi connectivity index (χ4n) is 4.06. The molecule has 4 rings (SSSR count). The number of hydrogen-bond acceptors (Lipinski definition) is 10. The van der Waals surface area contributed by atoms with Crippen molar-refractivity contribution >= 4 is 31.6 Å². The molecule has 0 aromatic heterocycles. The zero-order chi connectivity index (χ0) is 31.7. The largest absolute Gasteiger partial charge is 0.497 e. The molecule has 44 heavy (non-hydrogen) atoms. The highest BCUT2D eigenvalue weighted by atomic mass is 32.2. The van der Waals surface area contributed by atoms with Crippen LogP contribution in [0.1, 0.15) is 25.7 Å². The predicted octanol–water partition coefficient (Wildman–Crippen LogP) is 5.44. The van der Waals surface area contributed by atoms with E-state index in [1.54, 1.807) is 24.3 Å². The number of unbranched alkanes of at least 4 members (excludes halogenated alkanes) is 1. The summed E-state index contributed by atoms with van der Waals surface area (Å²) in [5, 5.41) is 0. The van der Waals surface area contributed by atoms with Crippen LogP contribution in [0.4, 0.5) is 0 Å². The van der Waals surface area contributed by atoms with Gasteiger partial charge in [-0.2, -0.15) is 0 Å². The van der Waals surface area contributed by atoms with Crippen LogP contribution in [-0.4, -0.2) is 43.0 Å². The van der Waals surface area contributed by atoms with Gasteiger partial charge in [-0.25, -0.2) is 16.8 Å². The molecule has 10 nitrogen and oxygen atoms in total. The monoisotopic (exact) mass is 638 g/mol. The first-order valence-electron chi connectivity index (χ1n) is 13.4. The molecule has 0 unspecified atom stereocenters. The zero-order valence-electron chi connectivity index (χ0n) is 24.0. The Kier molecular flexibility index (Phi) is 10.4. The Morgan fingerprint density at radius 1 is 0.455 bits per heavy atom. The normalized spacial score (nSPS) is 11.4. The lowest BCUT2D eigenvalue weighted by atomic mass is 10.2. The molecule has 0 saturated carbocycles. The van der Waals surface area contributed by atoms with Gasteiger partial charge in [0, 0.05) is 12.8 Å². The highest BCUT2D eigenvalue weighted by molar-refractivity contribution is 7.91. The summed E-state index contributed by atoms with van der Waals surface area (Å²) in [6, 6.07) is 23.1. The summed E-state index contributed by atoms with van der Waals surface area (Å²) in [4.78, 5) is 24.8. The van der Waals surface area contributed by atoms with Crippen molar-refractivity contribution in [2.45, 2.75) is 45.3 Å². The van der Waals surface area contributed by atoms with Gasteiger partial charge < -0.3 is 18.9 Å². The van der Waals surface area contributed by atoms with Crippen LogP contribution in [-0.2, 0) is 29.3 Å². The van der Waals surface area contributed by atoms with Crippen LogP contribution < -0.4 is 18.9 Å². The number of benzene rings is 4. The van der Waals surface area contributed by atoms with E-state index in [1.807, 2.05) is 0 Å². The van der Waals surface area contributed by atoms with Crippen molar-refractivity contribution in [3.63, 3.8) is 0 Å². The van der Waals surface area contributed by atoms with Crippen molar-refractivity contribution in [1.82, 2.24) is 0 Å². The number of ether oxygens (including phenoxy) is 4. The molecule has 0 bridgehead atoms. The SMILES string of the molecule is COc1ccc(S(=O)(=O)c2ccc(OC(=O)CCCCC(=O)Oc3ccc(S(=O)(=O)c4ccc(OC)cc4)cc3)cc2)cc1. The van der Waals surface area contributed by atoms with Crippen molar-refractivity contribution in [2.75, 3.05) is 14.2 Å². The van der Waals surface area contributed by atoms with E-state index >= 15 is 0 Å². The Balaban J connectivity index is 1.20. The highest BCUT2D eigenvalue weighted by Gasteiger charge is 2.19. The number of carbonyl (C=O) groups excluding carboxylic acids is 2. The van der Waals surface area contributed by atoms with Gasteiger partial charge in [0.1, 0.15) is 23.0 Å². The van der Waals surface area contributed by atoms with E-state index in [-0.39, 0.29) is 43.9 Å². The van der Waals surface area contributed by atoms with Crippen LogP contribution in [0.15, 0.2) is 117 Å². The van der Waals surface area contributed by atoms with Crippen LogP contribution in [0.25, 0.3) is 0 Å². The van der Waals surface area contributed by atoms with E-state index in [1.165, 1.54) is 87.0 Å². The molecule has 0 atom stereocenters. The molecule has 0 saturated heterocycles. The van der Waals surface area contributed by atoms with Gasteiger partial charge in [0.15, 0.2) is 0 Å². The molecule has 0 aliphatic heterocycles. The summed E-state index contributed by atoms with van der Waals surface area (Å²) in [7, 11) is -4.52. The number of esters is 2. The molecule has 0 fully saturated rings. The average molecular weight is 639 g/mol. The van der Waals surface area contributed by atoms with Gasteiger partial charge in [-0.05, 0) is 110 Å². The molecule has 4 aromatic carbocycles. The molecule has 0 heterocycles. The van der Waals surface area contributed by atoms with E-state index in [9.17, 15) is 26.4 Å². The second-order valence-corrected chi connectivity index (χ2v) is 13.4. The Labute approximate surface area is 256 Å². The quantitative estimate of drug-likeness (QED) is 0.106. The van der Waals surface area contributed by atoms with Crippen LogP contribution in [0, 0.1) is 0 Å². The van der Waals surface area contributed by atoms with Crippen LogP contribution in [0.2, 0.25) is 0 Å². The Morgan fingerprint density at radius 3 is 0.955 bits per heavy atom. The highest BCUT2D eigenvalue weighted by Crippen LogP contribution is 2.26. The van der Waals surface area contributed by atoms with Gasteiger partial charge in [0.25, 0.3) is 0 Å². The first-order chi connectivity index (χ1) is 21.0. The first kappa shape index (κ1) is 32.2. The molecular weight excluding hydrogens is 608 g/mol. The fraction of sp³-hybridized carbons (Fsp3) is 0.188. The van der Waals surface area contributed by atoms with Crippen molar-refractivity contribution < 1.29 is 45.4 Å². The van der Waals surface area contributed by atoms with Gasteiger partial charge in [-0.3, -0.25) is 9.59 Å².